The molecule has 0 radical (unpaired) electrons. The molecule has 0 bridgehead atoms. The smallest absolute Gasteiger partial charge is 0.340 e. The van der Waals surface area contributed by atoms with Crippen molar-refractivity contribution in [3.05, 3.63) is 72.1 Å². The molecule has 0 atom stereocenters. The summed E-state index contributed by atoms with van der Waals surface area (Å²) >= 11 is 6.80. The van der Waals surface area contributed by atoms with Gasteiger partial charge in [-0.15, -0.1) is 11.3 Å². The van der Waals surface area contributed by atoms with Gasteiger partial charge in [0.15, 0.2) is 5.11 Å². The van der Waals surface area contributed by atoms with Gasteiger partial charge in [-0.3, -0.25) is 4.98 Å². The van der Waals surface area contributed by atoms with Gasteiger partial charge < -0.3 is 15.4 Å². The maximum atomic E-state index is 12.1. The van der Waals surface area contributed by atoms with Crippen molar-refractivity contribution in [1.29, 1.82) is 0 Å². The fourth-order valence-corrected chi connectivity index (χ4v) is 3.61. The van der Waals surface area contributed by atoms with E-state index >= 15 is 0 Å². The minimum absolute atomic E-state index is 0.404. The van der Waals surface area contributed by atoms with Crippen LogP contribution in [-0.2, 0) is 11.3 Å². The molecule has 0 amide bonds. The number of nitrogens with one attached hydrogen (secondary N) is 2. The van der Waals surface area contributed by atoms with Crippen molar-refractivity contribution in [2.45, 2.75) is 6.54 Å². The molecule has 0 spiro atoms. The summed E-state index contributed by atoms with van der Waals surface area (Å²) in [5, 5.41) is 7.26. The normalized spacial score (nSPS) is 10.2. The number of esters is 1. The van der Waals surface area contributed by atoms with E-state index in [1.165, 1.54) is 18.4 Å². The first-order valence-corrected chi connectivity index (χ1v) is 9.12. The van der Waals surface area contributed by atoms with Crippen molar-refractivity contribution < 1.29 is 9.53 Å². The second kappa shape index (κ2) is 8.55. The number of methoxy groups -OCH3 is 1. The molecule has 0 saturated carbocycles. The predicted octanol–water partition coefficient (Wildman–Crippen LogP) is 4.08. The zero-order valence-electron chi connectivity index (χ0n) is 14.1. The summed E-state index contributed by atoms with van der Waals surface area (Å²) in [4.78, 5) is 17.3. The van der Waals surface area contributed by atoms with Gasteiger partial charge in [-0.2, -0.15) is 0 Å². The number of thiophene rings is 1. The Bertz CT molecular complexity index is 896. The minimum Gasteiger partial charge on any atom is -0.465 e. The van der Waals surface area contributed by atoms with Crippen molar-refractivity contribution in [3.63, 3.8) is 0 Å². The molecule has 0 saturated heterocycles. The topological polar surface area (TPSA) is 63.2 Å². The number of aromatic nitrogens is 1. The molecule has 2 aromatic heterocycles. The first kappa shape index (κ1) is 18.0. The van der Waals surface area contributed by atoms with Gasteiger partial charge >= 0.3 is 5.97 Å². The summed E-state index contributed by atoms with van der Waals surface area (Å²) in [5.41, 5.74) is 2.36. The Morgan fingerprint density at radius 2 is 1.96 bits per heavy atom. The highest BCUT2D eigenvalue weighted by atomic mass is 32.1. The van der Waals surface area contributed by atoms with Crippen LogP contribution in [0.2, 0.25) is 0 Å². The van der Waals surface area contributed by atoms with Crippen LogP contribution in [0.15, 0.2) is 60.8 Å². The number of benzene rings is 1. The molecular formula is C19H17N3O2S2. The first-order valence-electron chi connectivity index (χ1n) is 7.89. The van der Waals surface area contributed by atoms with Crippen molar-refractivity contribution in [1.82, 2.24) is 10.3 Å². The SMILES string of the molecule is COC(=O)c1cc(-c2ccccc2)sc1NC(=S)NCc1ccccn1. The number of ether oxygens (including phenoxy) is 1. The van der Waals surface area contributed by atoms with Gasteiger partial charge in [0.25, 0.3) is 0 Å². The Labute approximate surface area is 161 Å². The van der Waals surface area contributed by atoms with E-state index < -0.39 is 5.97 Å². The van der Waals surface area contributed by atoms with Crippen molar-refractivity contribution in [2.24, 2.45) is 0 Å². The van der Waals surface area contributed by atoms with E-state index in [0.717, 1.165) is 16.1 Å². The molecule has 2 heterocycles. The number of carbonyl (C=O) groups excluding carboxylic acids is 1. The molecular weight excluding hydrogens is 366 g/mol. The maximum absolute atomic E-state index is 12.1. The monoisotopic (exact) mass is 383 g/mol. The van der Waals surface area contributed by atoms with E-state index in [1.54, 1.807) is 6.20 Å². The highest BCUT2D eigenvalue weighted by Crippen LogP contribution is 2.35. The van der Waals surface area contributed by atoms with Crippen molar-refractivity contribution in [2.75, 3.05) is 12.4 Å². The zero-order valence-corrected chi connectivity index (χ0v) is 15.7. The maximum Gasteiger partial charge on any atom is 0.340 e. The minimum atomic E-state index is -0.404. The van der Waals surface area contributed by atoms with Crippen LogP contribution in [-0.4, -0.2) is 23.2 Å². The lowest BCUT2D eigenvalue weighted by Gasteiger charge is -2.10. The molecule has 0 aliphatic heterocycles. The number of rotatable bonds is 5. The number of carbonyl (C=O) groups is 1. The summed E-state index contributed by atoms with van der Waals surface area (Å²) in [7, 11) is 1.36. The number of hydrogen-bond donors (Lipinski definition) is 2. The van der Waals surface area contributed by atoms with Crippen LogP contribution in [0, 0.1) is 0 Å². The molecule has 26 heavy (non-hydrogen) atoms. The van der Waals surface area contributed by atoms with Gasteiger partial charge in [0.1, 0.15) is 5.00 Å². The van der Waals surface area contributed by atoms with Gasteiger partial charge in [0.2, 0.25) is 0 Å². The molecule has 7 heteroatoms. The number of pyridine rings is 1. The molecule has 3 rings (SSSR count). The van der Waals surface area contributed by atoms with Gasteiger partial charge in [-0.25, -0.2) is 4.79 Å². The average molecular weight is 383 g/mol. The Balaban J connectivity index is 1.76. The fraction of sp³-hybridized carbons (Fsp3) is 0.105. The summed E-state index contributed by atoms with van der Waals surface area (Å²) in [6, 6.07) is 17.4. The van der Waals surface area contributed by atoms with E-state index in [1.807, 2.05) is 54.6 Å². The molecule has 3 aromatic rings. The number of thiocarbonyl (C=S) groups is 1. The molecule has 0 unspecified atom stereocenters. The standard InChI is InChI=1S/C19H17N3O2S2/c1-24-18(23)15-11-16(13-7-3-2-4-8-13)26-17(15)22-19(25)21-12-14-9-5-6-10-20-14/h2-11H,12H2,1H3,(H2,21,22,25). The second-order valence-corrected chi connectivity index (χ2v) is 6.80. The molecule has 2 N–H and O–H groups in total. The highest BCUT2D eigenvalue weighted by molar-refractivity contribution is 7.80. The van der Waals surface area contributed by atoms with Gasteiger partial charge in [-0.05, 0) is 36.0 Å². The third kappa shape index (κ3) is 4.44. The molecule has 0 aliphatic rings. The summed E-state index contributed by atoms with van der Waals surface area (Å²) in [5.74, 6) is -0.404. The van der Waals surface area contributed by atoms with E-state index in [0.29, 0.717) is 22.2 Å². The van der Waals surface area contributed by atoms with Crippen LogP contribution in [0.4, 0.5) is 5.00 Å². The Hall–Kier alpha value is -2.77. The number of nitrogens with zero attached hydrogens (tertiary/aromatic N) is 1. The molecule has 1 aromatic carbocycles. The summed E-state index contributed by atoms with van der Waals surface area (Å²) in [6.45, 7) is 0.497. The first-order chi connectivity index (χ1) is 12.7. The van der Waals surface area contributed by atoms with Crippen LogP contribution in [0.1, 0.15) is 16.1 Å². The second-order valence-electron chi connectivity index (χ2n) is 5.34. The van der Waals surface area contributed by atoms with E-state index in [9.17, 15) is 4.79 Å². The number of hydrogen-bond acceptors (Lipinski definition) is 5. The van der Waals surface area contributed by atoms with Gasteiger partial charge in [-0.1, -0.05) is 36.4 Å². The Kier molecular flexibility index (Phi) is 5.93. The lowest BCUT2D eigenvalue weighted by atomic mass is 10.1. The van der Waals surface area contributed by atoms with Crippen LogP contribution < -0.4 is 10.6 Å². The van der Waals surface area contributed by atoms with Crippen LogP contribution in [0.5, 0.6) is 0 Å². The summed E-state index contributed by atoms with van der Waals surface area (Å²) < 4.78 is 4.89. The largest absolute Gasteiger partial charge is 0.465 e. The molecule has 0 fully saturated rings. The van der Waals surface area contributed by atoms with Crippen LogP contribution in [0.25, 0.3) is 10.4 Å². The predicted molar refractivity (Wildman–Crippen MR) is 108 cm³/mol. The summed E-state index contributed by atoms with van der Waals surface area (Å²) in [6.07, 6.45) is 1.73. The average Bonchev–Trinajstić information content (AvgIpc) is 3.11. The third-order valence-corrected chi connectivity index (χ3v) is 4.92. The Morgan fingerprint density at radius 3 is 2.65 bits per heavy atom. The lowest BCUT2D eigenvalue weighted by Crippen LogP contribution is -2.28. The number of anilines is 1. The van der Waals surface area contributed by atoms with Crippen molar-refractivity contribution in [3.8, 4) is 10.4 Å². The van der Waals surface area contributed by atoms with Gasteiger partial charge in [0.05, 0.1) is 24.9 Å². The van der Waals surface area contributed by atoms with Crippen LogP contribution >= 0.6 is 23.6 Å². The lowest BCUT2D eigenvalue weighted by molar-refractivity contribution is 0.0602. The molecule has 5 nitrogen and oxygen atoms in total. The molecule has 0 aliphatic carbocycles. The quantitative estimate of drug-likeness (QED) is 0.511. The van der Waals surface area contributed by atoms with Crippen LogP contribution in [0.3, 0.4) is 0 Å². The highest BCUT2D eigenvalue weighted by Gasteiger charge is 2.18. The van der Waals surface area contributed by atoms with Gasteiger partial charge in [0, 0.05) is 11.1 Å². The van der Waals surface area contributed by atoms with Crippen molar-refractivity contribution >= 4 is 39.6 Å². The zero-order chi connectivity index (χ0) is 18.4. The third-order valence-electron chi connectivity index (χ3n) is 3.58. The van der Waals surface area contributed by atoms with E-state index in [-0.39, 0.29) is 0 Å². The van der Waals surface area contributed by atoms with E-state index in [2.05, 4.69) is 15.6 Å². The Morgan fingerprint density at radius 1 is 1.19 bits per heavy atom. The molecule has 132 valence electrons. The fourth-order valence-electron chi connectivity index (χ4n) is 2.31. The van der Waals surface area contributed by atoms with E-state index in [4.69, 9.17) is 17.0 Å².